The predicted octanol–water partition coefficient (Wildman–Crippen LogP) is -5.69. The first kappa shape index (κ1) is 36.0. The third kappa shape index (κ3) is 141. The number of quaternary nitrogens is 3. The zero-order valence-corrected chi connectivity index (χ0v) is 10.4. The molecule has 0 saturated carbocycles. The summed E-state index contributed by atoms with van der Waals surface area (Å²) in [7, 11) is 0. The fraction of sp³-hybridized carbons (Fsp3) is 0.500. The average molecular weight is 279 g/mol. The molecular formula is C6H21N3O9. The number of carbonyl (C=O) groups is 3. The molecule has 0 amide bonds. The van der Waals surface area contributed by atoms with Gasteiger partial charge in [-0.2, -0.15) is 0 Å². The summed E-state index contributed by atoms with van der Waals surface area (Å²) in [5.74, 6) is -4.32. The van der Waals surface area contributed by atoms with Crippen LogP contribution in [-0.2, 0) is 14.4 Å². The largest absolute Gasteiger partial charge is 0.548 e. The molecule has 0 aromatic rings. The SMILES string of the molecule is O=C([O-])CO.O=C([O-])CO.O=C([O-])CO.[NH4+].[NH4+].[NH4+]. The Kier molecular flexibility index (Phi) is 58.9. The van der Waals surface area contributed by atoms with Crippen LogP contribution in [0.4, 0.5) is 0 Å². The van der Waals surface area contributed by atoms with Crippen LogP contribution in [0.3, 0.4) is 0 Å². The molecule has 0 aromatic carbocycles. The fourth-order valence-electron chi connectivity index (χ4n) is 0. The van der Waals surface area contributed by atoms with Crippen molar-refractivity contribution in [2.75, 3.05) is 19.8 Å². The lowest BCUT2D eigenvalue weighted by molar-refractivity contribution is -0.309. The van der Waals surface area contributed by atoms with Crippen molar-refractivity contribution in [2.45, 2.75) is 0 Å². The van der Waals surface area contributed by atoms with Crippen molar-refractivity contribution < 1.29 is 45.0 Å². The van der Waals surface area contributed by atoms with Crippen molar-refractivity contribution in [2.24, 2.45) is 0 Å². The Bertz CT molecular complexity index is 165. The maximum absolute atomic E-state index is 9.01. The standard InChI is InChI=1S/3C2H4O3.3H3N/c3*3-1-2(4)5;;;/h3*3H,1H2,(H,4,5);3*1H3. The summed E-state index contributed by atoms with van der Waals surface area (Å²) in [6, 6.07) is 0. The van der Waals surface area contributed by atoms with Gasteiger partial charge in [-0.3, -0.25) is 0 Å². The Morgan fingerprint density at radius 3 is 0.667 bits per heavy atom. The molecule has 0 atom stereocenters. The second-order valence-corrected chi connectivity index (χ2v) is 1.59. The third-order valence-electron chi connectivity index (χ3n) is 0.387. The van der Waals surface area contributed by atoms with Gasteiger partial charge >= 0.3 is 0 Å². The van der Waals surface area contributed by atoms with Crippen LogP contribution < -0.4 is 33.8 Å². The molecule has 0 unspecified atom stereocenters. The van der Waals surface area contributed by atoms with Gasteiger partial charge in [0.05, 0.1) is 37.7 Å². The highest BCUT2D eigenvalue weighted by Crippen LogP contribution is 1.41. The van der Waals surface area contributed by atoms with E-state index in [2.05, 4.69) is 0 Å². The molecule has 15 N–H and O–H groups in total. The molecule has 0 saturated heterocycles. The highest BCUT2D eigenvalue weighted by atomic mass is 16.4. The fourth-order valence-corrected chi connectivity index (χ4v) is 0. The van der Waals surface area contributed by atoms with Gasteiger partial charge in [0.15, 0.2) is 0 Å². The second-order valence-electron chi connectivity index (χ2n) is 1.59. The molecular weight excluding hydrogens is 258 g/mol. The number of aliphatic carboxylic acids is 3. The van der Waals surface area contributed by atoms with Crippen LogP contribution in [0, 0.1) is 0 Å². The summed E-state index contributed by atoms with van der Waals surface area (Å²) in [4.78, 5) is 27.0. The molecule has 0 bridgehead atoms. The first-order valence-electron chi connectivity index (χ1n) is 3.23. The molecule has 0 aliphatic rings. The minimum absolute atomic E-state index is 0. The summed E-state index contributed by atoms with van der Waals surface area (Å²) >= 11 is 0. The molecule has 18 heavy (non-hydrogen) atoms. The van der Waals surface area contributed by atoms with Crippen LogP contribution in [0.15, 0.2) is 0 Å². The van der Waals surface area contributed by atoms with Gasteiger partial charge in [0, 0.05) is 0 Å². The number of aliphatic hydroxyl groups is 3. The molecule has 12 nitrogen and oxygen atoms in total. The van der Waals surface area contributed by atoms with Gasteiger partial charge < -0.3 is 63.5 Å². The van der Waals surface area contributed by atoms with Gasteiger partial charge in [0.1, 0.15) is 0 Å². The first-order valence-corrected chi connectivity index (χ1v) is 3.23. The lowest BCUT2D eigenvalue weighted by Crippen LogP contribution is -2.25. The first-order chi connectivity index (χ1) is 6.81. The maximum atomic E-state index is 9.01. The second kappa shape index (κ2) is 29.4. The summed E-state index contributed by atoms with van der Waals surface area (Å²) in [5, 5.41) is 49.5. The number of aliphatic hydroxyl groups excluding tert-OH is 3. The number of carboxylic acids is 3. The van der Waals surface area contributed by atoms with E-state index in [4.69, 9.17) is 45.0 Å². The molecule has 0 heterocycles. The highest BCUT2D eigenvalue weighted by Gasteiger charge is 1.67. The molecule has 12 heteroatoms. The number of rotatable bonds is 3. The van der Waals surface area contributed by atoms with Crippen LogP contribution in [0.25, 0.3) is 0 Å². The van der Waals surface area contributed by atoms with E-state index in [-0.39, 0.29) is 18.5 Å². The zero-order chi connectivity index (χ0) is 12.9. The van der Waals surface area contributed by atoms with Gasteiger partial charge in [0.25, 0.3) is 0 Å². The Hall–Kier alpha value is -1.83. The smallest absolute Gasteiger partial charge is 0.0826 e. The Morgan fingerprint density at radius 1 is 0.611 bits per heavy atom. The number of hydrogen-bond acceptors (Lipinski definition) is 9. The molecule has 0 radical (unpaired) electrons. The normalized spacial score (nSPS) is 6.17. The van der Waals surface area contributed by atoms with E-state index in [1.807, 2.05) is 0 Å². The minimum Gasteiger partial charge on any atom is -0.548 e. The summed E-state index contributed by atoms with van der Waals surface area (Å²) in [6.45, 7) is -2.67. The molecule has 114 valence electrons. The zero-order valence-electron chi connectivity index (χ0n) is 10.4. The molecule has 0 spiro atoms. The molecule has 0 rings (SSSR count). The van der Waals surface area contributed by atoms with Crippen molar-refractivity contribution in [3.8, 4) is 0 Å². The van der Waals surface area contributed by atoms with E-state index in [9.17, 15) is 0 Å². The third-order valence-corrected chi connectivity index (χ3v) is 0.387. The number of carbonyl (C=O) groups excluding carboxylic acids is 3. The number of carboxylic acid groups (broad SMARTS) is 3. The Balaban J connectivity index is -0.0000000277. The highest BCUT2D eigenvalue weighted by molar-refractivity contribution is 5.65. The van der Waals surface area contributed by atoms with Crippen molar-refractivity contribution in [1.29, 1.82) is 0 Å². The van der Waals surface area contributed by atoms with Crippen LogP contribution in [-0.4, -0.2) is 53.0 Å². The number of hydrogen-bond donors (Lipinski definition) is 6. The van der Waals surface area contributed by atoms with E-state index < -0.39 is 37.7 Å². The Labute approximate surface area is 102 Å². The van der Waals surface area contributed by atoms with Crippen molar-refractivity contribution in [1.82, 2.24) is 18.5 Å². The van der Waals surface area contributed by atoms with E-state index in [1.165, 1.54) is 0 Å². The summed E-state index contributed by atoms with van der Waals surface area (Å²) in [6.07, 6.45) is 0. The lowest BCUT2D eigenvalue weighted by atomic mass is 10.8. The van der Waals surface area contributed by atoms with E-state index >= 15 is 0 Å². The van der Waals surface area contributed by atoms with E-state index in [1.54, 1.807) is 0 Å². The monoisotopic (exact) mass is 279 g/mol. The molecule has 0 aliphatic heterocycles. The summed E-state index contributed by atoms with van der Waals surface area (Å²) in [5.41, 5.74) is 0. The van der Waals surface area contributed by atoms with Crippen LogP contribution >= 0.6 is 0 Å². The van der Waals surface area contributed by atoms with E-state index in [0.29, 0.717) is 0 Å². The Morgan fingerprint density at radius 2 is 0.667 bits per heavy atom. The van der Waals surface area contributed by atoms with Crippen molar-refractivity contribution in [3.63, 3.8) is 0 Å². The van der Waals surface area contributed by atoms with Gasteiger partial charge in [0.2, 0.25) is 0 Å². The quantitative estimate of drug-likeness (QED) is 0.286. The van der Waals surface area contributed by atoms with Gasteiger partial charge in [-0.15, -0.1) is 0 Å². The van der Waals surface area contributed by atoms with Crippen LogP contribution in [0.1, 0.15) is 0 Å². The predicted molar refractivity (Wildman–Crippen MR) is 54.2 cm³/mol. The van der Waals surface area contributed by atoms with E-state index in [0.717, 1.165) is 0 Å². The minimum atomic E-state index is -1.44. The van der Waals surface area contributed by atoms with Gasteiger partial charge in [-0.25, -0.2) is 0 Å². The molecule has 0 aliphatic carbocycles. The van der Waals surface area contributed by atoms with Crippen LogP contribution in [0.5, 0.6) is 0 Å². The molecule has 0 aromatic heterocycles. The van der Waals surface area contributed by atoms with Crippen molar-refractivity contribution in [3.05, 3.63) is 0 Å². The van der Waals surface area contributed by atoms with Crippen molar-refractivity contribution >= 4 is 17.9 Å². The van der Waals surface area contributed by atoms with Gasteiger partial charge in [-0.05, 0) is 0 Å². The van der Waals surface area contributed by atoms with Gasteiger partial charge in [-0.1, -0.05) is 0 Å². The van der Waals surface area contributed by atoms with Crippen LogP contribution in [0.2, 0.25) is 0 Å². The molecule has 0 fully saturated rings. The summed E-state index contributed by atoms with van der Waals surface area (Å²) < 4.78 is 0. The maximum Gasteiger partial charge on any atom is 0.0826 e. The lowest BCUT2D eigenvalue weighted by Gasteiger charge is -1.86. The topological polar surface area (TPSA) is 291 Å². The average Bonchev–Trinajstić information content (AvgIpc) is 2.19.